The van der Waals surface area contributed by atoms with Crippen molar-refractivity contribution in [3.63, 3.8) is 0 Å². The maximum atomic E-state index is 6.80. The van der Waals surface area contributed by atoms with Crippen LogP contribution in [0.2, 0.25) is 36.3 Å². The molecule has 150 valence electrons. The molecular formula is C22H37NO2Si2. The van der Waals surface area contributed by atoms with Gasteiger partial charge in [0.2, 0.25) is 0 Å². The monoisotopic (exact) mass is 403 g/mol. The van der Waals surface area contributed by atoms with Crippen molar-refractivity contribution in [1.82, 2.24) is 0 Å². The first-order valence-electron chi connectivity index (χ1n) is 9.76. The fourth-order valence-electron chi connectivity index (χ4n) is 2.37. The molecule has 0 amide bonds. The van der Waals surface area contributed by atoms with E-state index in [1.165, 1.54) is 0 Å². The standard InChI is InChI=1S/C22H37NO2Si2/c1-21(2,3)26(7,8)24-19-15-18(23)16-13-11-12-14-17(16)20(19)25-27(9,10)22(4,5)6/h11-15H,23H2,1-10H3. The zero-order valence-corrected chi connectivity index (χ0v) is 20.8. The summed E-state index contributed by atoms with van der Waals surface area (Å²) in [6.45, 7) is 22.6. The lowest BCUT2D eigenvalue weighted by atomic mass is 10.1. The van der Waals surface area contributed by atoms with Gasteiger partial charge in [-0.1, -0.05) is 65.8 Å². The topological polar surface area (TPSA) is 44.5 Å². The minimum absolute atomic E-state index is 0.0989. The third-order valence-electron chi connectivity index (χ3n) is 6.33. The molecule has 0 aromatic heterocycles. The van der Waals surface area contributed by atoms with Crippen LogP contribution >= 0.6 is 0 Å². The van der Waals surface area contributed by atoms with E-state index in [0.29, 0.717) is 0 Å². The van der Waals surface area contributed by atoms with Gasteiger partial charge in [0.05, 0.1) is 0 Å². The SMILES string of the molecule is CC(C)(C)[Si](C)(C)Oc1cc(N)c2ccccc2c1O[Si](C)(C)C(C)(C)C. The molecule has 5 heteroatoms. The molecule has 2 N–H and O–H groups in total. The lowest BCUT2D eigenvalue weighted by Crippen LogP contribution is -2.45. The highest BCUT2D eigenvalue weighted by Crippen LogP contribution is 2.47. The number of benzene rings is 2. The van der Waals surface area contributed by atoms with Crippen molar-refractivity contribution >= 4 is 33.1 Å². The molecule has 0 bridgehead atoms. The molecule has 0 saturated carbocycles. The fraction of sp³-hybridized carbons (Fsp3) is 0.545. The number of hydrogen-bond acceptors (Lipinski definition) is 3. The molecule has 2 rings (SSSR count). The van der Waals surface area contributed by atoms with Crippen LogP contribution in [-0.4, -0.2) is 16.6 Å². The van der Waals surface area contributed by atoms with Crippen molar-refractivity contribution in [3.8, 4) is 11.5 Å². The van der Waals surface area contributed by atoms with Gasteiger partial charge < -0.3 is 14.6 Å². The average Bonchev–Trinajstić information content (AvgIpc) is 2.48. The molecule has 27 heavy (non-hydrogen) atoms. The van der Waals surface area contributed by atoms with Crippen molar-refractivity contribution < 1.29 is 8.85 Å². The Kier molecular flexibility index (Phi) is 5.54. The van der Waals surface area contributed by atoms with Crippen LogP contribution in [-0.2, 0) is 0 Å². The molecule has 0 unspecified atom stereocenters. The van der Waals surface area contributed by atoms with Crippen LogP contribution < -0.4 is 14.6 Å². The second-order valence-electron chi connectivity index (χ2n) is 10.6. The van der Waals surface area contributed by atoms with Crippen LogP contribution in [0.3, 0.4) is 0 Å². The maximum Gasteiger partial charge on any atom is 0.250 e. The number of rotatable bonds is 4. The fourth-order valence-corrected chi connectivity index (χ4v) is 4.40. The van der Waals surface area contributed by atoms with E-state index in [1.807, 2.05) is 18.2 Å². The van der Waals surface area contributed by atoms with E-state index in [-0.39, 0.29) is 10.1 Å². The minimum atomic E-state index is -2.04. The van der Waals surface area contributed by atoms with Gasteiger partial charge in [-0.05, 0) is 36.3 Å². The Bertz CT molecular complexity index is 831. The quantitative estimate of drug-likeness (QED) is 0.434. The van der Waals surface area contributed by atoms with Crippen LogP contribution in [0.4, 0.5) is 5.69 Å². The minimum Gasteiger partial charge on any atom is -0.541 e. The van der Waals surface area contributed by atoms with E-state index in [2.05, 4.69) is 79.9 Å². The molecule has 2 aromatic carbocycles. The summed E-state index contributed by atoms with van der Waals surface area (Å²) >= 11 is 0. The van der Waals surface area contributed by atoms with Crippen molar-refractivity contribution in [1.29, 1.82) is 0 Å². The van der Waals surface area contributed by atoms with Crippen LogP contribution in [0.5, 0.6) is 11.5 Å². The van der Waals surface area contributed by atoms with Gasteiger partial charge in [0, 0.05) is 22.5 Å². The van der Waals surface area contributed by atoms with Crippen molar-refractivity contribution in [2.45, 2.75) is 77.8 Å². The third-order valence-corrected chi connectivity index (χ3v) is 15.0. The van der Waals surface area contributed by atoms with Crippen molar-refractivity contribution in [2.75, 3.05) is 5.73 Å². The summed E-state index contributed by atoms with van der Waals surface area (Å²) in [6.07, 6.45) is 0. The lowest BCUT2D eigenvalue weighted by molar-refractivity contribution is 0.444. The van der Waals surface area contributed by atoms with E-state index < -0.39 is 16.6 Å². The molecule has 0 radical (unpaired) electrons. The summed E-state index contributed by atoms with van der Waals surface area (Å²) in [5, 5.41) is 2.26. The molecule has 2 aromatic rings. The molecule has 0 heterocycles. The largest absolute Gasteiger partial charge is 0.541 e. The number of anilines is 1. The first-order valence-corrected chi connectivity index (χ1v) is 15.6. The Hall–Kier alpha value is -1.47. The van der Waals surface area contributed by atoms with Crippen molar-refractivity contribution in [3.05, 3.63) is 30.3 Å². The number of nitrogens with two attached hydrogens (primary N) is 1. The van der Waals surface area contributed by atoms with E-state index in [9.17, 15) is 0 Å². The zero-order valence-electron chi connectivity index (χ0n) is 18.8. The maximum absolute atomic E-state index is 6.80. The lowest BCUT2D eigenvalue weighted by Gasteiger charge is -2.40. The molecule has 0 atom stereocenters. The van der Waals surface area contributed by atoms with Gasteiger partial charge in [-0.25, -0.2) is 0 Å². The summed E-state index contributed by atoms with van der Waals surface area (Å²) < 4.78 is 13.5. The van der Waals surface area contributed by atoms with Gasteiger partial charge >= 0.3 is 0 Å². The van der Waals surface area contributed by atoms with Gasteiger partial charge in [0.1, 0.15) is 5.75 Å². The smallest absolute Gasteiger partial charge is 0.250 e. The normalized spacial score (nSPS) is 13.7. The van der Waals surface area contributed by atoms with Gasteiger partial charge in [0.15, 0.2) is 5.75 Å². The Balaban J connectivity index is 2.70. The average molecular weight is 404 g/mol. The van der Waals surface area contributed by atoms with Gasteiger partial charge in [0.25, 0.3) is 16.6 Å². The highest BCUT2D eigenvalue weighted by molar-refractivity contribution is 6.75. The van der Waals surface area contributed by atoms with Crippen LogP contribution in [0.25, 0.3) is 10.8 Å². The second-order valence-corrected chi connectivity index (χ2v) is 20.0. The van der Waals surface area contributed by atoms with E-state index in [1.54, 1.807) is 0 Å². The summed E-state index contributed by atoms with van der Waals surface area (Å²) in [7, 11) is -4.07. The summed E-state index contributed by atoms with van der Waals surface area (Å²) in [4.78, 5) is 0. The Labute approximate surface area is 167 Å². The predicted molar refractivity (Wildman–Crippen MR) is 124 cm³/mol. The van der Waals surface area contributed by atoms with Crippen LogP contribution in [0.1, 0.15) is 41.5 Å². The highest BCUT2D eigenvalue weighted by atomic mass is 28.4. The Morgan fingerprint density at radius 3 is 1.67 bits per heavy atom. The number of nitrogen functional groups attached to an aromatic ring is 1. The molecule has 0 aliphatic rings. The number of hydrogen-bond donors (Lipinski definition) is 1. The van der Waals surface area contributed by atoms with Crippen LogP contribution in [0.15, 0.2) is 30.3 Å². The predicted octanol–water partition coefficient (Wildman–Crippen LogP) is 7.19. The first kappa shape index (κ1) is 21.8. The highest BCUT2D eigenvalue weighted by Gasteiger charge is 2.42. The van der Waals surface area contributed by atoms with Crippen LogP contribution in [0, 0.1) is 0 Å². The Morgan fingerprint density at radius 2 is 1.19 bits per heavy atom. The molecule has 0 saturated heterocycles. The van der Waals surface area contributed by atoms with E-state index >= 15 is 0 Å². The molecule has 3 nitrogen and oxygen atoms in total. The molecule has 0 aliphatic carbocycles. The summed E-state index contributed by atoms with van der Waals surface area (Å²) in [5.74, 6) is 1.65. The van der Waals surface area contributed by atoms with Gasteiger partial charge in [-0.3, -0.25) is 0 Å². The first-order chi connectivity index (χ1) is 12.1. The van der Waals surface area contributed by atoms with Crippen molar-refractivity contribution in [2.24, 2.45) is 0 Å². The third kappa shape index (κ3) is 4.35. The second kappa shape index (κ2) is 6.85. The summed E-state index contributed by atoms with van der Waals surface area (Å²) in [5.41, 5.74) is 7.13. The molecular weight excluding hydrogens is 366 g/mol. The van der Waals surface area contributed by atoms with E-state index in [0.717, 1.165) is 28.0 Å². The molecule has 0 aliphatic heterocycles. The number of fused-ring (bicyclic) bond motifs is 1. The van der Waals surface area contributed by atoms with Gasteiger partial charge in [-0.15, -0.1) is 0 Å². The zero-order chi connectivity index (χ0) is 20.8. The van der Waals surface area contributed by atoms with Gasteiger partial charge in [-0.2, -0.15) is 0 Å². The molecule has 0 spiro atoms. The summed E-state index contributed by atoms with van der Waals surface area (Å²) in [6, 6.07) is 10.2. The molecule has 0 fully saturated rings. The van der Waals surface area contributed by atoms with E-state index in [4.69, 9.17) is 14.6 Å². The Morgan fingerprint density at radius 1 is 0.741 bits per heavy atom.